The zero-order valence-corrected chi connectivity index (χ0v) is 15.1. The highest BCUT2D eigenvalue weighted by Crippen LogP contribution is 2.35. The number of rotatable bonds is 5. The summed E-state index contributed by atoms with van der Waals surface area (Å²) in [5, 5.41) is 14.5. The lowest BCUT2D eigenvalue weighted by Gasteiger charge is -2.46. The summed E-state index contributed by atoms with van der Waals surface area (Å²) in [4.78, 5) is 2.85. The molecular formula is C20H21N3O5. The van der Waals surface area contributed by atoms with Crippen molar-refractivity contribution >= 4 is 0 Å². The monoisotopic (exact) mass is 383 g/mol. The Bertz CT molecular complexity index is 815. The quantitative estimate of drug-likeness (QED) is 0.485. The summed E-state index contributed by atoms with van der Waals surface area (Å²) in [6, 6.07) is 18.1. The van der Waals surface area contributed by atoms with E-state index in [2.05, 4.69) is 10.0 Å². The third-order valence-corrected chi connectivity index (χ3v) is 4.85. The zero-order chi connectivity index (χ0) is 19.3. The van der Waals surface area contributed by atoms with Gasteiger partial charge >= 0.3 is 0 Å². The van der Waals surface area contributed by atoms with Crippen LogP contribution in [0.4, 0.5) is 0 Å². The molecule has 2 aromatic rings. The van der Waals surface area contributed by atoms with Gasteiger partial charge in [0.1, 0.15) is 18.2 Å². The van der Waals surface area contributed by atoms with E-state index in [1.165, 1.54) is 0 Å². The van der Waals surface area contributed by atoms with Crippen molar-refractivity contribution in [2.75, 3.05) is 6.61 Å². The second-order valence-corrected chi connectivity index (χ2v) is 6.70. The molecule has 6 atom stereocenters. The molecule has 2 aliphatic heterocycles. The lowest BCUT2D eigenvalue weighted by molar-refractivity contribution is -0.343. The number of aliphatic hydroxyl groups is 1. The van der Waals surface area contributed by atoms with Gasteiger partial charge < -0.3 is 24.1 Å². The average Bonchev–Trinajstić information content (AvgIpc) is 2.76. The molecule has 1 N–H and O–H groups in total. The molecule has 0 aromatic heterocycles. The summed E-state index contributed by atoms with van der Waals surface area (Å²) in [6.07, 6.45) is -3.81. The average molecular weight is 383 g/mol. The number of nitrogens with zero attached hydrogens (tertiary/aromatic N) is 3. The van der Waals surface area contributed by atoms with E-state index < -0.39 is 36.9 Å². The molecule has 0 aliphatic carbocycles. The first-order chi connectivity index (χ1) is 13.8. The number of azide groups is 1. The number of aliphatic hydroxyl groups excluding tert-OH is 1. The van der Waals surface area contributed by atoms with Crippen LogP contribution < -0.4 is 0 Å². The van der Waals surface area contributed by atoms with E-state index in [0.29, 0.717) is 0 Å². The van der Waals surface area contributed by atoms with E-state index in [1.807, 2.05) is 60.7 Å². The van der Waals surface area contributed by atoms with Gasteiger partial charge in [-0.25, -0.2) is 0 Å². The first kappa shape index (κ1) is 18.9. The Hall–Kier alpha value is -2.45. The van der Waals surface area contributed by atoms with Gasteiger partial charge in [-0.3, -0.25) is 0 Å². The second-order valence-electron chi connectivity index (χ2n) is 6.70. The van der Waals surface area contributed by atoms with Crippen LogP contribution in [0.5, 0.6) is 0 Å². The summed E-state index contributed by atoms with van der Waals surface area (Å²) in [5.74, 6) is 0. The predicted octanol–water partition coefficient (Wildman–Crippen LogP) is 3.08. The van der Waals surface area contributed by atoms with Gasteiger partial charge in [0.05, 0.1) is 19.3 Å². The van der Waals surface area contributed by atoms with Crippen molar-refractivity contribution in [3.63, 3.8) is 0 Å². The molecule has 0 saturated carbocycles. The highest BCUT2D eigenvalue weighted by molar-refractivity contribution is 5.17. The normalized spacial score (nSPS) is 32.2. The van der Waals surface area contributed by atoms with Crippen molar-refractivity contribution in [1.82, 2.24) is 0 Å². The maximum absolute atomic E-state index is 10.8. The molecule has 0 radical (unpaired) electrons. The van der Waals surface area contributed by atoms with Gasteiger partial charge in [0.2, 0.25) is 0 Å². The van der Waals surface area contributed by atoms with Gasteiger partial charge in [0, 0.05) is 10.5 Å². The molecule has 2 saturated heterocycles. The van der Waals surface area contributed by atoms with Crippen LogP contribution in [0.3, 0.4) is 0 Å². The number of hydrogen-bond donors (Lipinski definition) is 1. The summed E-state index contributed by atoms with van der Waals surface area (Å²) in [6.45, 7) is 0.497. The van der Waals surface area contributed by atoms with Gasteiger partial charge in [-0.15, -0.1) is 0 Å². The molecule has 0 bridgehead atoms. The molecule has 146 valence electrons. The van der Waals surface area contributed by atoms with E-state index in [1.54, 1.807) is 0 Å². The number of ether oxygens (including phenoxy) is 4. The van der Waals surface area contributed by atoms with Crippen LogP contribution in [0.25, 0.3) is 10.4 Å². The smallest absolute Gasteiger partial charge is 0.184 e. The van der Waals surface area contributed by atoms with Gasteiger partial charge in [0.15, 0.2) is 12.6 Å². The molecule has 0 unspecified atom stereocenters. The van der Waals surface area contributed by atoms with E-state index >= 15 is 0 Å². The van der Waals surface area contributed by atoms with Crippen LogP contribution in [-0.2, 0) is 25.6 Å². The predicted molar refractivity (Wildman–Crippen MR) is 98.8 cm³/mol. The fourth-order valence-corrected chi connectivity index (χ4v) is 3.43. The SMILES string of the molecule is [N-]=[N+]=N[C@H]1[C@@H](OCc2ccccc2)O[C@@H]2CO[C@@H](c3ccccc3)O[C@H]2[C@@H]1O. The van der Waals surface area contributed by atoms with Crippen molar-refractivity contribution in [2.45, 2.75) is 43.5 Å². The third-order valence-electron chi connectivity index (χ3n) is 4.85. The van der Waals surface area contributed by atoms with Gasteiger partial charge in [-0.2, -0.15) is 0 Å². The first-order valence-electron chi connectivity index (χ1n) is 9.11. The minimum absolute atomic E-state index is 0.232. The molecule has 2 fully saturated rings. The Morgan fingerprint density at radius 3 is 2.50 bits per heavy atom. The molecule has 4 rings (SSSR count). The van der Waals surface area contributed by atoms with Crippen LogP contribution >= 0.6 is 0 Å². The van der Waals surface area contributed by atoms with E-state index in [-0.39, 0.29) is 13.2 Å². The minimum atomic E-state index is -1.08. The van der Waals surface area contributed by atoms with Crippen LogP contribution in [0, 0.1) is 0 Å². The first-order valence-corrected chi connectivity index (χ1v) is 9.11. The fraction of sp³-hybridized carbons (Fsp3) is 0.400. The Morgan fingerprint density at radius 2 is 1.79 bits per heavy atom. The number of fused-ring (bicyclic) bond motifs is 1. The molecule has 2 heterocycles. The lowest BCUT2D eigenvalue weighted by Crippen LogP contribution is -2.61. The van der Waals surface area contributed by atoms with E-state index in [0.717, 1.165) is 11.1 Å². The zero-order valence-electron chi connectivity index (χ0n) is 15.1. The lowest BCUT2D eigenvalue weighted by atomic mass is 9.96. The summed E-state index contributed by atoms with van der Waals surface area (Å²) < 4.78 is 23.5. The van der Waals surface area contributed by atoms with Gasteiger partial charge in [-0.1, -0.05) is 65.8 Å². The highest BCUT2D eigenvalue weighted by Gasteiger charge is 2.49. The van der Waals surface area contributed by atoms with Crippen molar-refractivity contribution in [1.29, 1.82) is 0 Å². The molecule has 2 aromatic carbocycles. The minimum Gasteiger partial charge on any atom is -0.390 e. The third kappa shape index (κ3) is 4.02. The number of benzene rings is 2. The van der Waals surface area contributed by atoms with Crippen molar-refractivity contribution in [3.8, 4) is 0 Å². The van der Waals surface area contributed by atoms with Crippen LogP contribution in [0.1, 0.15) is 17.4 Å². The molecule has 0 spiro atoms. The molecule has 2 aliphatic rings. The van der Waals surface area contributed by atoms with Gasteiger partial charge in [-0.05, 0) is 11.1 Å². The Kier molecular flexibility index (Phi) is 5.87. The molecule has 8 nitrogen and oxygen atoms in total. The van der Waals surface area contributed by atoms with Crippen molar-refractivity contribution < 1.29 is 24.1 Å². The second kappa shape index (κ2) is 8.70. The molecular weight excluding hydrogens is 362 g/mol. The summed E-state index contributed by atoms with van der Waals surface area (Å²) >= 11 is 0. The Morgan fingerprint density at radius 1 is 1.07 bits per heavy atom. The molecule has 8 heteroatoms. The molecule has 0 amide bonds. The summed E-state index contributed by atoms with van der Waals surface area (Å²) in [7, 11) is 0. The maximum Gasteiger partial charge on any atom is 0.184 e. The summed E-state index contributed by atoms with van der Waals surface area (Å²) in [5.41, 5.74) is 10.7. The largest absolute Gasteiger partial charge is 0.390 e. The Balaban J connectivity index is 1.47. The van der Waals surface area contributed by atoms with Crippen LogP contribution in [-0.4, -0.2) is 42.4 Å². The topological polar surface area (TPSA) is 106 Å². The van der Waals surface area contributed by atoms with E-state index in [4.69, 9.17) is 24.5 Å². The van der Waals surface area contributed by atoms with Crippen LogP contribution in [0.15, 0.2) is 65.8 Å². The fourth-order valence-electron chi connectivity index (χ4n) is 3.43. The Labute approximate surface area is 162 Å². The highest BCUT2D eigenvalue weighted by atomic mass is 16.7. The number of hydrogen-bond acceptors (Lipinski definition) is 6. The maximum atomic E-state index is 10.8. The van der Waals surface area contributed by atoms with Gasteiger partial charge in [0.25, 0.3) is 0 Å². The van der Waals surface area contributed by atoms with Crippen molar-refractivity contribution in [3.05, 3.63) is 82.2 Å². The van der Waals surface area contributed by atoms with Crippen LogP contribution in [0.2, 0.25) is 0 Å². The van der Waals surface area contributed by atoms with Crippen molar-refractivity contribution in [2.24, 2.45) is 5.11 Å². The molecule has 28 heavy (non-hydrogen) atoms. The standard InChI is InChI=1S/C20H21N3O5/c21-23-22-16-17(24)18-15(12-26-19(28-18)14-9-5-2-6-10-14)27-20(16)25-11-13-7-3-1-4-8-13/h1-10,15-20,24H,11-12H2/t15-,16-,17-,18-,19-,20+/m1/s1. The van der Waals surface area contributed by atoms with E-state index in [9.17, 15) is 5.11 Å².